The summed E-state index contributed by atoms with van der Waals surface area (Å²) in [5, 5.41) is 8.82. The number of hydrogen-bond acceptors (Lipinski definition) is 3. The van der Waals surface area contributed by atoms with Crippen molar-refractivity contribution < 1.29 is 9.84 Å². The topological polar surface area (TPSA) is 55.5 Å². The number of nitrogens with two attached hydrogens (primary N) is 1. The van der Waals surface area contributed by atoms with Gasteiger partial charge in [0.15, 0.2) is 0 Å². The average molecular weight is 175 g/mol. The van der Waals surface area contributed by atoms with Crippen LogP contribution in [-0.2, 0) is 4.74 Å². The van der Waals surface area contributed by atoms with E-state index in [9.17, 15) is 0 Å². The van der Waals surface area contributed by atoms with Gasteiger partial charge in [-0.3, -0.25) is 0 Å². The van der Waals surface area contributed by atoms with Crippen LogP contribution in [0.15, 0.2) is 0 Å². The Bertz CT molecular complexity index is 106. The van der Waals surface area contributed by atoms with Crippen LogP contribution in [0.2, 0.25) is 0 Å². The lowest BCUT2D eigenvalue weighted by atomic mass is 10.1. The second-order valence-corrected chi connectivity index (χ2v) is 4.03. The van der Waals surface area contributed by atoms with Gasteiger partial charge < -0.3 is 15.6 Å². The monoisotopic (exact) mass is 175 g/mol. The van der Waals surface area contributed by atoms with Crippen molar-refractivity contribution in [2.75, 3.05) is 19.8 Å². The maximum atomic E-state index is 8.82. The molecule has 0 rings (SSSR count). The standard InChI is InChI=1S/C9H21NO2/c1-9(2,3)12-5-4-8(6-10)7-11/h8,11H,4-7,10H2,1-3H3. The Labute approximate surface area is 74.9 Å². The predicted molar refractivity (Wildman–Crippen MR) is 50.0 cm³/mol. The highest BCUT2D eigenvalue weighted by Gasteiger charge is 2.11. The molecule has 0 aromatic heterocycles. The minimum absolute atomic E-state index is 0.0887. The van der Waals surface area contributed by atoms with Gasteiger partial charge in [-0.15, -0.1) is 0 Å². The largest absolute Gasteiger partial charge is 0.396 e. The third-order valence-electron chi connectivity index (χ3n) is 1.65. The molecule has 0 radical (unpaired) electrons. The average Bonchev–Trinajstić information content (AvgIpc) is 1.96. The van der Waals surface area contributed by atoms with Gasteiger partial charge in [0.05, 0.1) is 5.60 Å². The Kier molecular flexibility index (Phi) is 5.46. The summed E-state index contributed by atoms with van der Waals surface area (Å²) in [7, 11) is 0. The molecule has 3 nitrogen and oxygen atoms in total. The molecule has 0 amide bonds. The molecule has 0 heterocycles. The zero-order chi connectivity index (χ0) is 9.61. The first kappa shape index (κ1) is 11.9. The fourth-order valence-electron chi connectivity index (χ4n) is 0.815. The zero-order valence-corrected chi connectivity index (χ0v) is 8.34. The number of aliphatic hydroxyl groups excluding tert-OH is 1. The molecule has 0 aliphatic rings. The molecule has 0 aliphatic carbocycles. The molecule has 12 heavy (non-hydrogen) atoms. The third-order valence-corrected chi connectivity index (χ3v) is 1.65. The van der Waals surface area contributed by atoms with Crippen LogP contribution in [-0.4, -0.2) is 30.5 Å². The predicted octanol–water partition coefficient (Wildman–Crippen LogP) is 0.759. The molecule has 3 heteroatoms. The first-order valence-corrected chi connectivity index (χ1v) is 4.44. The van der Waals surface area contributed by atoms with Crippen molar-refractivity contribution in [3.8, 4) is 0 Å². The first-order valence-electron chi connectivity index (χ1n) is 4.44. The normalized spacial score (nSPS) is 14.8. The van der Waals surface area contributed by atoms with Gasteiger partial charge in [-0.25, -0.2) is 0 Å². The van der Waals surface area contributed by atoms with Crippen LogP contribution < -0.4 is 5.73 Å². The minimum atomic E-state index is -0.0887. The van der Waals surface area contributed by atoms with E-state index < -0.39 is 0 Å². The molecule has 0 fully saturated rings. The molecule has 1 atom stereocenters. The van der Waals surface area contributed by atoms with Gasteiger partial charge in [0, 0.05) is 13.2 Å². The molecule has 0 saturated carbocycles. The highest BCUT2D eigenvalue weighted by molar-refractivity contribution is 4.61. The lowest BCUT2D eigenvalue weighted by Gasteiger charge is -2.21. The highest BCUT2D eigenvalue weighted by atomic mass is 16.5. The summed E-state index contributed by atoms with van der Waals surface area (Å²) in [6.45, 7) is 7.41. The van der Waals surface area contributed by atoms with Crippen LogP contribution >= 0.6 is 0 Å². The quantitative estimate of drug-likeness (QED) is 0.648. The second kappa shape index (κ2) is 5.51. The second-order valence-electron chi connectivity index (χ2n) is 4.03. The Morgan fingerprint density at radius 2 is 2.00 bits per heavy atom. The van der Waals surface area contributed by atoms with Gasteiger partial charge in [0.25, 0.3) is 0 Å². The summed E-state index contributed by atoms with van der Waals surface area (Å²) < 4.78 is 5.50. The van der Waals surface area contributed by atoms with Crippen LogP contribution in [0.4, 0.5) is 0 Å². The van der Waals surface area contributed by atoms with Gasteiger partial charge in [-0.2, -0.15) is 0 Å². The summed E-state index contributed by atoms with van der Waals surface area (Å²) in [6.07, 6.45) is 0.838. The Morgan fingerprint density at radius 3 is 2.33 bits per heavy atom. The van der Waals surface area contributed by atoms with E-state index in [0.717, 1.165) is 6.42 Å². The first-order chi connectivity index (χ1) is 5.49. The Balaban J connectivity index is 3.41. The van der Waals surface area contributed by atoms with E-state index in [2.05, 4.69) is 0 Å². The van der Waals surface area contributed by atoms with Crippen molar-refractivity contribution >= 4 is 0 Å². The van der Waals surface area contributed by atoms with E-state index in [1.165, 1.54) is 0 Å². The molecule has 0 aromatic rings. The maximum absolute atomic E-state index is 8.82. The van der Waals surface area contributed by atoms with Crippen LogP contribution in [0.5, 0.6) is 0 Å². The fraction of sp³-hybridized carbons (Fsp3) is 1.00. The lowest BCUT2D eigenvalue weighted by molar-refractivity contribution is -0.0116. The van der Waals surface area contributed by atoms with Crippen molar-refractivity contribution in [1.29, 1.82) is 0 Å². The van der Waals surface area contributed by atoms with Crippen LogP contribution in [0.3, 0.4) is 0 Å². The van der Waals surface area contributed by atoms with Crippen LogP contribution in [0.1, 0.15) is 27.2 Å². The SMILES string of the molecule is CC(C)(C)OCCC(CN)CO. The van der Waals surface area contributed by atoms with Gasteiger partial charge >= 0.3 is 0 Å². The summed E-state index contributed by atoms with van der Waals surface area (Å²) in [5.74, 6) is 0.187. The zero-order valence-electron chi connectivity index (χ0n) is 8.34. The molecule has 0 aliphatic heterocycles. The van der Waals surface area contributed by atoms with Crippen molar-refractivity contribution in [2.24, 2.45) is 11.7 Å². The van der Waals surface area contributed by atoms with E-state index in [1.54, 1.807) is 0 Å². The molecule has 74 valence electrons. The van der Waals surface area contributed by atoms with Crippen molar-refractivity contribution in [3.05, 3.63) is 0 Å². The molecule has 1 unspecified atom stereocenters. The molecule has 0 saturated heterocycles. The van der Waals surface area contributed by atoms with Crippen molar-refractivity contribution in [2.45, 2.75) is 32.8 Å². The fourth-order valence-corrected chi connectivity index (χ4v) is 0.815. The molecule has 0 spiro atoms. The summed E-state index contributed by atoms with van der Waals surface area (Å²) in [6, 6.07) is 0. The Hall–Kier alpha value is -0.120. The summed E-state index contributed by atoms with van der Waals surface area (Å²) in [5.41, 5.74) is 5.33. The van der Waals surface area contributed by atoms with E-state index in [0.29, 0.717) is 13.2 Å². The number of hydrogen-bond donors (Lipinski definition) is 2. The molecular formula is C9H21NO2. The maximum Gasteiger partial charge on any atom is 0.0598 e. The molecule has 0 aromatic carbocycles. The number of ether oxygens (including phenoxy) is 1. The Morgan fingerprint density at radius 1 is 1.42 bits per heavy atom. The number of aliphatic hydroxyl groups is 1. The van der Waals surface area contributed by atoms with Gasteiger partial charge in [-0.05, 0) is 39.7 Å². The molecule has 3 N–H and O–H groups in total. The summed E-state index contributed by atoms with van der Waals surface area (Å²) >= 11 is 0. The van der Waals surface area contributed by atoms with Gasteiger partial charge in [0.2, 0.25) is 0 Å². The van der Waals surface area contributed by atoms with E-state index in [-0.39, 0.29) is 18.1 Å². The van der Waals surface area contributed by atoms with E-state index >= 15 is 0 Å². The molecular weight excluding hydrogens is 154 g/mol. The molecule has 0 bridgehead atoms. The van der Waals surface area contributed by atoms with Gasteiger partial charge in [-0.1, -0.05) is 0 Å². The van der Waals surface area contributed by atoms with Crippen LogP contribution in [0.25, 0.3) is 0 Å². The van der Waals surface area contributed by atoms with Crippen molar-refractivity contribution in [3.63, 3.8) is 0 Å². The van der Waals surface area contributed by atoms with Crippen LogP contribution in [0, 0.1) is 5.92 Å². The summed E-state index contributed by atoms with van der Waals surface area (Å²) in [4.78, 5) is 0. The van der Waals surface area contributed by atoms with Gasteiger partial charge in [0.1, 0.15) is 0 Å². The van der Waals surface area contributed by atoms with Crippen molar-refractivity contribution in [1.82, 2.24) is 0 Å². The van der Waals surface area contributed by atoms with E-state index in [4.69, 9.17) is 15.6 Å². The van der Waals surface area contributed by atoms with E-state index in [1.807, 2.05) is 20.8 Å². The minimum Gasteiger partial charge on any atom is -0.396 e. The highest BCUT2D eigenvalue weighted by Crippen LogP contribution is 2.09. The lowest BCUT2D eigenvalue weighted by Crippen LogP contribution is -2.24. The third kappa shape index (κ3) is 6.58. The smallest absolute Gasteiger partial charge is 0.0598 e. The number of rotatable bonds is 5.